The van der Waals surface area contributed by atoms with Crippen LogP contribution in [-0.4, -0.2) is 41.0 Å². The van der Waals surface area contributed by atoms with Gasteiger partial charge in [-0.25, -0.2) is 13.6 Å². The van der Waals surface area contributed by atoms with E-state index in [0.29, 0.717) is 22.2 Å². The van der Waals surface area contributed by atoms with E-state index in [2.05, 4.69) is 5.32 Å². The van der Waals surface area contributed by atoms with Gasteiger partial charge in [0.2, 0.25) is 0 Å². The van der Waals surface area contributed by atoms with Crippen molar-refractivity contribution in [3.63, 3.8) is 0 Å². The molecule has 0 fully saturated rings. The molecule has 0 radical (unpaired) electrons. The van der Waals surface area contributed by atoms with Crippen LogP contribution in [0.3, 0.4) is 0 Å². The average Bonchev–Trinajstić information content (AvgIpc) is 3.29. The molecule has 3 aromatic carbocycles. The molecule has 1 heterocycles. The maximum Gasteiger partial charge on any atom is 0.492 e. The van der Waals surface area contributed by atoms with Crippen molar-refractivity contribution in [2.75, 3.05) is 0 Å². The third-order valence-electron chi connectivity index (χ3n) is 6.39. The van der Waals surface area contributed by atoms with Crippen LogP contribution in [0.25, 0.3) is 0 Å². The number of carbonyl (C=O) groups excluding carboxylic acids is 2. The summed E-state index contributed by atoms with van der Waals surface area (Å²) in [7, 11) is -1.20. The zero-order valence-corrected chi connectivity index (χ0v) is 20.7. The Kier molecular flexibility index (Phi) is 8.22. The molecule has 38 heavy (non-hydrogen) atoms. The molecular formula is C27H26BF2NO7. The van der Waals surface area contributed by atoms with Crippen molar-refractivity contribution in [1.82, 2.24) is 5.32 Å². The Morgan fingerprint density at radius 1 is 1.03 bits per heavy atom. The third kappa shape index (κ3) is 5.92. The van der Waals surface area contributed by atoms with E-state index < -0.39 is 42.5 Å². The summed E-state index contributed by atoms with van der Waals surface area (Å²) in [5.41, 5.74) is 0.0669. The molecule has 0 saturated carbocycles. The third-order valence-corrected chi connectivity index (χ3v) is 6.39. The molecule has 1 aliphatic rings. The highest BCUT2D eigenvalue weighted by molar-refractivity contribution is 6.62. The Bertz CT molecular complexity index is 1320. The number of ether oxygens (including phenoxy) is 2. The summed E-state index contributed by atoms with van der Waals surface area (Å²) in [6, 6.07) is 13.8. The van der Waals surface area contributed by atoms with Gasteiger partial charge in [0, 0.05) is 5.56 Å². The van der Waals surface area contributed by atoms with Crippen LogP contribution < -0.4 is 10.8 Å². The molecule has 0 aliphatic carbocycles. The van der Waals surface area contributed by atoms with E-state index in [4.69, 9.17) is 14.1 Å². The summed E-state index contributed by atoms with van der Waals surface area (Å²) in [6.07, 6.45) is -1.32. The Morgan fingerprint density at radius 3 is 2.21 bits per heavy atom. The number of rotatable bonds is 9. The van der Waals surface area contributed by atoms with E-state index in [1.807, 2.05) is 0 Å². The number of hydrogen-bond donors (Lipinski definition) is 3. The SMILES string of the molecule is Cc1c(C(=O)N[C@@](O)(C(=O)OCc2ccc(F)cc2)[C@H](C)OCc2ccc(F)cc2)ccc2c1B(O)OC2. The number of nitrogens with one attached hydrogen (secondary N) is 1. The first kappa shape index (κ1) is 27.4. The van der Waals surface area contributed by atoms with Gasteiger partial charge in [0.25, 0.3) is 11.6 Å². The number of benzene rings is 3. The van der Waals surface area contributed by atoms with Gasteiger partial charge in [-0.1, -0.05) is 30.3 Å². The van der Waals surface area contributed by atoms with Gasteiger partial charge >= 0.3 is 13.1 Å². The fourth-order valence-electron chi connectivity index (χ4n) is 4.07. The molecular weight excluding hydrogens is 499 g/mol. The van der Waals surface area contributed by atoms with Crippen molar-refractivity contribution in [3.8, 4) is 0 Å². The number of halogens is 2. The van der Waals surface area contributed by atoms with Crippen LogP contribution in [0.1, 0.15) is 39.5 Å². The van der Waals surface area contributed by atoms with Gasteiger partial charge in [-0.3, -0.25) is 4.79 Å². The molecule has 3 N–H and O–H groups in total. The molecule has 0 unspecified atom stereocenters. The maximum absolute atomic E-state index is 13.3. The molecule has 198 valence electrons. The van der Waals surface area contributed by atoms with Crippen LogP contribution >= 0.6 is 0 Å². The lowest BCUT2D eigenvalue weighted by Gasteiger charge is -2.32. The minimum atomic E-state index is -2.64. The second kappa shape index (κ2) is 11.4. The van der Waals surface area contributed by atoms with Crippen LogP contribution in [0.4, 0.5) is 8.78 Å². The number of esters is 1. The number of aliphatic hydroxyl groups is 1. The standard InChI is InChI=1S/C27H26BF2NO7/c1-16-23(12-7-20-15-38-28(35)24(16)20)25(32)31-27(34,17(2)36-13-18-3-8-21(29)9-4-18)26(33)37-14-19-5-10-22(30)11-6-19/h3-12,17,34-35H,13-15H2,1-2H3,(H,31,32)/t17-,27-/m0/s1. The largest absolute Gasteiger partial charge is 0.492 e. The normalized spacial score (nSPS) is 14.9. The predicted octanol–water partition coefficient (Wildman–Crippen LogP) is 2.26. The number of hydrogen-bond acceptors (Lipinski definition) is 7. The molecule has 0 bridgehead atoms. The minimum Gasteiger partial charge on any atom is -0.457 e. The summed E-state index contributed by atoms with van der Waals surface area (Å²) in [6.45, 7) is 2.77. The first-order valence-corrected chi connectivity index (χ1v) is 11.8. The molecule has 3 aromatic rings. The number of amides is 1. The second-order valence-electron chi connectivity index (χ2n) is 8.98. The monoisotopic (exact) mass is 525 g/mol. The molecule has 2 atom stereocenters. The summed E-state index contributed by atoms with van der Waals surface area (Å²) in [5.74, 6) is -2.92. The van der Waals surface area contributed by atoms with Crippen molar-refractivity contribution in [3.05, 3.63) is 100 Å². The molecule has 4 rings (SSSR count). The van der Waals surface area contributed by atoms with Gasteiger partial charge < -0.3 is 29.6 Å². The zero-order chi connectivity index (χ0) is 27.4. The van der Waals surface area contributed by atoms with Crippen molar-refractivity contribution >= 4 is 24.5 Å². The van der Waals surface area contributed by atoms with Gasteiger partial charge in [-0.05, 0) is 71.9 Å². The Balaban J connectivity index is 1.56. The van der Waals surface area contributed by atoms with Crippen LogP contribution in [-0.2, 0) is 38.7 Å². The lowest BCUT2D eigenvalue weighted by molar-refractivity contribution is -0.188. The molecule has 8 nitrogen and oxygen atoms in total. The molecule has 0 aromatic heterocycles. The number of carbonyl (C=O) groups is 2. The zero-order valence-electron chi connectivity index (χ0n) is 20.7. The highest BCUT2D eigenvalue weighted by Gasteiger charge is 2.46. The van der Waals surface area contributed by atoms with Gasteiger partial charge in [-0.2, -0.15) is 0 Å². The average molecular weight is 525 g/mol. The molecule has 0 saturated heterocycles. The first-order valence-electron chi connectivity index (χ1n) is 11.8. The van der Waals surface area contributed by atoms with E-state index in [-0.39, 0.29) is 25.4 Å². The lowest BCUT2D eigenvalue weighted by atomic mass is 9.75. The van der Waals surface area contributed by atoms with E-state index in [9.17, 15) is 28.5 Å². The van der Waals surface area contributed by atoms with Crippen LogP contribution in [0.5, 0.6) is 0 Å². The highest BCUT2D eigenvalue weighted by atomic mass is 19.1. The number of fused-ring (bicyclic) bond motifs is 1. The summed E-state index contributed by atoms with van der Waals surface area (Å²) >= 11 is 0. The Morgan fingerprint density at radius 2 is 1.61 bits per heavy atom. The van der Waals surface area contributed by atoms with E-state index in [1.165, 1.54) is 61.5 Å². The van der Waals surface area contributed by atoms with Crippen LogP contribution in [0, 0.1) is 18.6 Å². The van der Waals surface area contributed by atoms with Gasteiger partial charge in [0.1, 0.15) is 24.3 Å². The van der Waals surface area contributed by atoms with Gasteiger partial charge in [-0.15, -0.1) is 0 Å². The first-order chi connectivity index (χ1) is 18.1. The van der Waals surface area contributed by atoms with E-state index >= 15 is 0 Å². The van der Waals surface area contributed by atoms with Crippen molar-refractivity contribution in [1.29, 1.82) is 0 Å². The Hall–Kier alpha value is -3.64. The van der Waals surface area contributed by atoms with Gasteiger partial charge in [0.05, 0.1) is 13.2 Å². The van der Waals surface area contributed by atoms with Gasteiger partial charge in [0.15, 0.2) is 0 Å². The van der Waals surface area contributed by atoms with Crippen LogP contribution in [0.2, 0.25) is 0 Å². The molecule has 0 spiro atoms. The summed E-state index contributed by atoms with van der Waals surface area (Å²) in [4.78, 5) is 26.4. The highest BCUT2D eigenvalue weighted by Crippen LogP contribution is 2.21. The fourth-order valence-corrected chi connectivity index (χ4v) is 4.07. The minimum absolute atomic E-state index is 0.101. The maximum atomic E-state index is 13.3. The molecule has 11 heteroatoms. The van der Waals surface area contributed by atoms with Crippen molar-refractivity contribution in [2.45, 2.75) is 45.5 Å². The van der Waals surface area contributed by atoms with Crippen LogP contribution in [0.15, 0.2) is 60.7 Å². The van der Waals surface area contributed by atoms with Crippen molar-refractivity contribution in [2.24, 2.45) is 0 Å². The molecule has 1 aliphatic heterocycles. The summed E-state index contributed by atoms with van der Waals surface area (Å²) in [5, 5.41) is 23.9. The fraction of sp³-hybridized carbons (Fsp3) is 0.259. The van der Waals surface area contributed by atoms with E-state index in [1.54, 1.807) is 13.0 Å². The van der Waals surface area contributed by atoms with E-state index in [0.717, 1.165) is 5.56 Å². The summed E-state index contributed by atoms with van der Waals surface area (Å²) < 4.78 is 42.6. The van der Waals surface area contributed by atoms with Crippen molar-refractivity contribution < 1.29 is 42.6 Å². The predicted molar refractivity (Wildman–Crippen MR) is 133 cm³/mol. The molecule has 1 amide bonds. The quantitative estimate of drug-likeness (QED) is 0.223. The topological polar surface area (TPSA) is 114 Å². The lowest BCUT2D eigenvalue weighted by Crippen LogP contribution is -2.62. The smallest absolute Gasteiger partial charge is 0.457 e. The second-order valence-corrected chi connectivity index (χ2v) is 8.98. The Labute approximate surface area is 218 Å².